The maximum atomic E-state index is 11.9. The van der Waals surface area contributed by atoms with Crippen molar-refractivity contribution in [3.05, 3.63) is 11.6 Å². The summed E-state index contributed by atoms with van der Waals surface area (Å²) in [6.45, 7) is 2.52. The Labute approximate surface area is 68.0 Å². The van der Waals surface area contributed by atoms with Crippen LogP contribution in [0, 0.1) is 0 Å². The van der Waals surface area contributed by atoms with E-state index in [4.69, 9.17) is 0 Å². The van der Waals surface area contributed by atoms with E-state index in [1.165, 1.54) is 6.92 Å². The molecule has 0 heterocycles. The molecule has 0 saturated heterocycles. The molecule has 0 saturated carbocycles. The lowest BCUT2D eigenvalue weighted by molar-refractivity contribution is -0.150. The predicted octanol–water partition coefficient (Wildman–Crippen LogP) is 2.06. The SMILES string of the molecule is CC=C(C(=O)OCC)C(F)(F)F. The molecule has 0 spiro atoms. The number of carbonyl (C=O) groups is 1. The van der Waals surface area contributed by atoms with Crippen LogP contribution in [-0.4, -0.2) is 18.8 Å². The first-order valence-electron chi connectivity index (χ1n) is 3.34. The van der Waals surface area contributed by atoms with Crippen molar-refractivity contribution in [1.29, 1.82) is 0 Å². The molecule has 0 atom stereocenters. The zero-order valence-electron chi connectivity index (χ0n) is 6.73. The summed E-state index contributed by atoms with van der Waals surface area (Å²) in [7, 11) is 0. The first-order valence-corrected chi connectivity index (χ1v) is 3.34. The van der Waals surface area contributed by atoms with Gasteiger partial charge >= 0.3 is 12.1 Å². The Morgan fingerprint density at radius 1 is 1.50 bits per heavy atom. The third-order valence-corrected chi connectivity index (χ3v) is 1.09. The van der Waals surface area contributed by atoms with Gasteiger partial charge in [-0.15, -0.1) is 0 Å². The van der Waals surface area contributed by atoms with Crippen molar-refractivity contribution >= 4 is 5.97 Å². The number of hydrogen-bond donors (Lipinski definition) is 0. The van der Waals surface area contributed by atoms with Gasteiger partial charge in [-0.25, -0.2) is 4.79 Å². The minimum absolute atomic E-state index is 0.0632. The summed E-state index contributed by atoms with van der Waals surface area (Å²) in [6.07, 6.45) is -3.93. The normalized spacial score (nSPS) is 12.9. The zero-order chi connectivity index (χ0) is 9.78. The standard InChI is InChI=1S/C7H9F3O2/c1-3-5(7(8,9)10)6(11)12-4-2/h3H,4H2,1-2H3. The molecule has 0 fully saturated rings. The molecular weight excluding hydrogens is 173 g/mol. The highest BCUT2D eigenvalue weighted by molar-refractivity contribution is 5.89. The lowest BCUT2D eigenvalue weighted by Gasteiger charge is -2.09. The van der Waals surface area contributed by atoms with Crippen molar-refractivity contribution in [1.82, 2.24) is 0 Å². The van der Waals surface area contributed by atoms with Crippen LogP contribution in [0.1, 0.15) is 13.8 Å². The molecule has 0 aromatic rings. The second-order valence-corrected chi connectivity index (χ2v) is 1.92. The van der Waals surface area contributed by atoms with Gasteiger partial charge in [0.15, 0.2) is 0 Å². The third kappa shape index (κ3) is 2.94. The summed E-state index contributed by atoms with van der Waals surface area (Å²) in [5.41, 5.74) is -1.26. The molecule has 2 nitrogen and oxygen atoms in total. The average molecular weight is 182 g/mol. The van der Waals surface area contributed by atoms with Crippen LogP contribution < -0.4 is 0 Å². The first kappa shape index (κ1) is 11.0. The van der Waals surface area contributed by atoms with E-state index >= 15 is 0 Å². The largest absolute Gasteiger partial charge is 0.462 e. The Morgan fingerprint density at radius 3 is 2.25 bits per heavy atom. The van der Waals surface area contributed by atoms with Gasteiger partial charge in [0.1, 0.15) is 5.57 Å². The van der Waals surface area contributed by atoms with Crippen LogP contribution in [0.3, 0.4) is 0 Å². The monoisotopic (exact) mass is 182 g/mol. The topological polar surface area (TPSA) is 26.3 Å². The molecule has 0 aliphatic heterocycles. The van der Waals surface area contributed by atoms with Crippen molar-refractivity contribution in [2.24, 2.45) is 0 Å². The fourth-order valence-corrected chi connectivity index (χ4v) is 0.606. The Hall–Kier alpha value is -1.00. The number of allylic oxidation sites excluding steroid dienone is 1. The highest BCUT2D eigenvalue weighted by atomic mass is 19.4. The Bertz CT molecular complexity index is 193. The van der Waals surface area contributed by atoms with Crippen molar-refractivity contribution in [3.8, 4) is 0 Å². The number of carbonyl (C=O) groups excluding carboxylic acids is 1. The molecule has 0 radical (unpaired) electrons. The van der Waals surface area contributed by atoms with Gasteiger partial charge in [-0.2, -0.15) is 13.2 Å². The van der Waals surface area contributed by atoms with Crippen LogP contribution in [0.5, 0.6) is 0 Å². The summed E-state index contributed by atoms with van der Waals surface area (Å²) in [4.78, 5) is 10.6. The fourth-order valence-electron chi connectivity index (χ4n) is 0.606. The maximum absolute atomic E-state index is 11.9. The smallest absolute Gasteiger partial charge is 0.423 e. The van der Waals surface area contributed by atoms with Gasteiger partial charge < -0.3 is 4.74 Å². The lowest BCUT2D eigenvalue weighted by atomic mass is 10.2. The minimum Gasteiger partial charge on any atom is -0.462 e. The quantitative estimate of drug-likeness (QED) is 0.482. The molecule has 0 aromatic carbocycles. The molecule has 0 unspecified atom stereocenters. The van der Waals surface area contributed by atoms with Gasteiger partial charge in [0.05, 0.1) is 6.61 Å². The molecule has 0 bridgehead atoms. The fraction of sp³-hybridized carbons (Fsp3) is 0.571. The second kappa shape index (κ2) is 4.13. The molecule has 12 heavy (non-hydrogen) atoms. The molecule has 0 aromatic heterocycles. The highest BCUT2D eigenvalue weighted by Gasteiger charge is 2.38. The van der Waals surface area contributed by atoms with E-state index in [1.807, 2.05) is 0 Å². The summed E-state index contributed by atoms with van der Waals surface area (Å²) in [6, 6.07) is 0. The van der Waals surface area contributed by atoms with E-state index in [2.05, 4.69) is 4.74 Å². The van der Waals surface area contributed by atoms with Gasteiger partial charge in [0, 0.05) is 0 Å². The Balaban J connectivity index is 4.49. The summed E-state index contributed by atoms with van der Waals surface area (Å²) < 4.78 is 40.0. The van der Waals surface area contributed by atoms with E-state index in [0.29, 0.717) is 6.08 Å². The van der Waals surface area contributed by atoms with Crippen LogP contribution in [0.15, 0.2) is 11.6 Å². The number of halogens is 3. The maximum Gasteiger partial charge on any atom is 0.423 e. The summed E-state index contributed by atoms with van der Waals surface area (Å²) >= 11 is 0. The molecule has 0 amide bonds. The number of ether oxygens (including phenoxy) is 1. The van der Waals surface area contributed by atoms with Crippen molar-refractivity contribution in [3.63, 3.8) is 0 Å². The molecule has 5 heteroatoms. The van der Waals surface area contributed by atoms with Crippen molar-refractivity contribution < 1.29 is 22.7 Å². The molecule has 0 rings (SSSR count). The highest BCUT2D eigenvalue weighted by Crippen LogP contribution is 2.26. The van der Waals surface area contributed by atoms with E-state index in [1.54, 1.807) is 0 Å². The Morgan fingerprint density at radius 2 is 2.00 bits per heavy atom. The Kier molecular flexibility index (Phi) is 3.79. The molecule has 0 aliphatic rings. The third-order valence-electron chi connectivity index (χ3n) is 1.09. The summed E-state index contributed by atoms with van der Waals surface area (Å²) in [5, 5.41) is 0. The lowest BCUT2D eigenvalue weighted by Crippen LogP contribution is -2.21. The van der Waals surface area contributed by atoms with Crippen LogP contribution in [0.25, 0.3) is 0 Å². The van der Waals surface area contributed by atoms with Gasteiger partial charge in [0.25, 0.3) is 0 Å². The molecule has 0 aliphatic carbocycles. The number of alkyl halides is 3. The number of hydrogen-bond acceptors (Lipinski definition) is 2. The average Bonchev–Trinajstić information content (AvgIpc) is 1.85. The first-order chi connectivity index (χ1) is 5.43. The number of esters is 1. The van der Waals surface area contributed by atoms with Crippen LogP contribution in [-0.2, 0) is 9.53 Å². The predicted molar refractivity (Wildman–Crippen MR) is 36.4 cm³/mol. The van der Waals surface area contributed by atoms with Crippen LogP contribution in [0.4, 0.5) is 13.2 Å². The number of rotatable bonds is 2. The minimum atomic E-state index is -4.62. The van der Waals surface area contributed by atoms with E-state index in [-0.39, 0.29) is 6.61 Å². The molecule has 70 valence electrons. The van der Waals surface area contributed by atoms with E-state index in [9.17, 15) is 18.0 Å². The van der Waals surface area contributed by atoms with Gasteiger partial charge in [0.2, 0.25) is 0 Å². The second-order valence-electron chi connectivity index (χ2n) is 1.92. The van der Waals surface area contributed by atoms with E-state index in [0.717, 1.165) is 6.92 Å². The van der Waals surface area contributed by atoms with Crippen molar-refractivity contribution in [2.45, 2.75) is 20.0 Å². The van der Waals surface area contributed by atoms with Gasteiger partial charge in [-0.1, -0.05) is 6.08 Å². The molecule has 0 N–H and O–H groups in total. The van der Waals surface area contributed by atoms with Crippen molar-refractivity contribution in [2.75, 3.05) is 6.61 Å². The van der Waals surface area contributed by atoms with E-state index < -0.39 is 17.7 Å². The zero-order valence-corrected chi connectivity index (χ0v) is 6.73. The van der Waals surface area contributed by atoms with Crippen LogP contribution >= 0.6 is 0 Å². The van der Waals surface area contributed by atoms with Gasteiger partial charge in [-0.3, -0.25) is 0 Å². The van der Waals surface area contributed by atoms with Gasteiger partial charge in [-0.05, 0) is 13.8 Å². The van der Waals surface area contributed by atoms with Crippen LogP contribution in [0.2, 0.25) is 0 Å². The summed E-state index contributed by atoms with van der Waals surface area (Å²) in [5.74, 6) is -1.33. The molecular formula is C7H9F3O2.